The molecule has 0 aromatic carbocycles. The molecule has 2 fully saturated rings. The molecule has 220 valence electrons. The maximum atomic E-state index is 16.3. The van der Waals surface area contributed by atoms with Crippen LogP contribution in [0.1, 0.15) is 41.8 Å². The summed E-state index contributed by atoms with van der Waals surface area (Å²) in [5.41, 5.74) is 1.59. The molecule has 2 atom stereocenters. The minimum absolute atomic E-state index is 0.00858. The Kier molecular flexibility index (Phi) is 6.87. The number of hydrogen-bond donors (Lipinski definition) is 2. The van der Waals surface area contributed by atoms with Gasteiger partial charge in [0, 0.05) is 31.7 Å². The number of pyridine rings is 2. The fraction of sp³-hybridized carbons (Fsp3) is 0.481. The van der Waals surface area contributed by atoms with Gasteiger partial charge < -0.3 is 30.3 Å². The average molecular weight is 579 g/mol. The number of nitrogen functional groups attached to an aromatic ring is 1. The van der Waals surface area contributed by atoms with Gasteiger partial charge in [-0.05, 0) is 44.9 Å². The first-order valence-corrected chi connectivity index (χ1v) is 13.0. The van der Waals surface area contributed by atoms with Crippen LogP contribution in [0.15, 0.2) is 18.7 Å². The number of piperazine rings is 1. The van der Waals surface area contributed by atoms with Crippen molar-refractivity contribution in [3.8, 4) is 17.1 Å². The molecule has 3 N–H and O–H groups in total. The van der Waals surface area contributed by atoms with Crippen LogP contribution >= 0.6 is 0 Å². The molecule has 5 heterocycles. The number of fused-ring (bicyclic) bond motifs is 2. The second-order valence-corrected chi connectivity index (χ2v) is 11.1. The smallest absolute Gasteiger partial charge is 0.418 e. The Morgan fingerprint density at radius 3 is 2.56 bits per heavy atom. The van der Waals surface area contributed by atoms with Crippen molar-refractivity contribution in [1.29, 1.82) is 0 Å². The normalized spacial score (nSPS) is 22.1. The van der Waals surface area contributed by atoms with Crippen molar-refractivity contribution in [2.45, 2.75) is 51.1 Å². The molecule has 0 radical (unpaired) electrons. The summed E-state index contributed by atoms with van der Waals surface area (Å²) >= 11 is 0. The minimum Gasteiger partial charge on any atom is -0.487 e. The third-order valence-electron chi connectivity index (χ3n) is 7.80. The molecule has 2 saturated heterocycles. The van der Waals surface area contributed by atoms with Gasteiger partial charge in [0.1, 0.15) is 35.2 Å². The molecule has 0 spiro atoms. The quantitative estimate of drug-likeness (QED) is 0.421. The van der Waals surface area contributed by atoms with Crippen molar-refractivity contribution < 1.29 is 37.0 Å². The van der Waals surface area contributed by atoms with Gasteiger partial charge >= 0.3 is 6.18 Å². The predicted molar refractivity (Wildman–Crippen MR) is 141 cm³/mol. The number of hydrogen-bond acceptors (Lipinski definition) is 8. The molecule has 2 amide bonds. The zero-order valence-corrected chi connectivity index (χ0v) is 22.8. The van der Waals surface area contributed by atoms with Crippen molar-refractivity contribution in [3.05, 3.63) is 41.2 Å². The second kappa shape index (κ2) is 9.86. The average Bonchev–Trinajstić information content (AvgIpc) is 3.06. The Bertz CT molecular complexity index is 1450. The van der Waals surface area contributed by atoms with Gasteiger partial charge in [-0.2, -0.15) is 13.2 Å². The van der Waals surface area contributed by atoms with Gasteiger partial charge in [-0.3, -0.25) is 9.59 Å². The molecule has 3 aliphatic heterocycles. The summed E-state index contributed by atoms with van der Waals surface area (Å²) in [4.78, 5) is 38.9. The monoisotopic (exact) mass is 578 g/mol. The lowest BCUT2D eigenvalue weighted by Crippen LogP contribution is -2.57. The molecular formula is C27H30F4N6O4. The number of alkyl halides is 3. The van der Waals surface area contributed by atoms with E-state index in [1.54, 1.807) is 18.7 Å². The van der Waals surface area contributed by atoms with E-state index in [1.165, 1.54) is 16.7 Å². The number of aliphatic hydroxyl groups excluding tert-OH is 1. The number of aliphatic hydroxyl groups is 1. The van der Waals surface area contributed by atoms with Gasteiger partial charge in [-0.15, -0.1) is 0 Å². The van der Waals surface area contributed by atoms with E-state index in [-0.39, 0.29) is 67.9 Å². The highest BCUT2D eigenvalue weighted by molar-refractivity contribution is 6.03. The highest BCUT2D eigenvalue weighted by Crippen LogP contribution is 2.46. The SMILES string of the molecule is C=CC(=O)N1CCN2C(=O)c3c(N4CC(O)CC4(C)C)nc(-c4nc(N)cc(C)c4C(F)(F)F)c(F)c3OC[C@H]2C1. The van der Waals surface area contributed by atoms with Gasteiger partial charge in [0.05, 0.1) is 17.7 Å². The van der Waals surface area contributed by atoms with Gasteiger partial charge in [0.2, 0.25) is 5.91 Å². The van der Waals surface area contributed by atoms with Crippen molar-refractivity contribution in [2.75, 3.05) is 43.4 Å². The van der Waals surface area contributed by atoms with Gasteiger partial charge in [-0.1, -0.05) is 6.58 Å². The van der Waals surface area contributed by atoms with Crippen LogP contribution in [-0.4, -0.2) is 87.2 Å². The third kappa shape index (κ3) is 4.83. The number of β-amino-alcohol motifs (C(OH)–C–C–N with tert-alkyl or cyclic N) is 1. The van der Waals surface area contributed by atoms with Crippen LogP contribution in [-0.2, 0) is 11.0 Å². The maximum Gasteiger partial charge on any atom is 0.418 e. The summed E-state index contributed by atoms with van der Waals surface area (Å²) in [6, 6.07) is 0.363. The number of carbonyl (C=O) groups is 2. The highest BCUT2D eigenvalue weighted by Gasteiger charge is 2.46. The molecule has 3 aliphatic rings. The molecule has 2 aromatic rings. The number of nitrogens with zero attached hydrogens (tertiary/aromatic N) is 5. The van der Waals surface area contributed by atoms with E-state index < -0.39 is 58.3 Å². The van der Waals surface area contributed by atoms with Gasteiger partial charge in [0.25, 0.3) is 5.91 Å². The number of nitrogens with two attached hydrogens (primary N) is 1. The molecule has 2 aromatic heterocycles. The summed E-state index contributed by atoms with van der Waals surface area (Å²) in [7, 11) is 0. The van der Waals surface area contributed by atoms with Crippen molar-refractivity contribution in [1.82, 2.24) is 19.8 Å². The van der Waals surface area contributed by atoms with E-state index in [1.807, 2.05) is 0 Å². The molecule has 1 unspecified atom stereocenters. The van der Waals surface area contributed by atoms with E-state index in [4.69, 9.17) is 10.5 Å². The number of aryl methyl sites for hydroxylation is 1. The Labute approximate surface area is 233 Å². The van der Waals surface area contributed by atoms with Crippen LogP contribution in [0.4, 0.5) is 29.2 Å². The van der Waals surface area contributed by atoms with Crippen LogP contribution in [0.25, 0.3) is 11.4 Å². The maximum absolute atomic E-state index is 16.3. The number of anilines is 2. The number of halogens is 4. The van der Waals surface area contributed by atoms with Crippen molar-refractivity contribution >= 4 is 23.5 Å². The molecule has 0 aliphatic carbocycles. The molecule has 14 heteroatoms. The minimum atomic E-state index is -4.93. The topological polar surface area (TPSA) is 125 Å². The predicted octanol–water partition coefficient (Wildman–Crippen LogP) is 2.77. The van der Waals surface area contributed by atoms with Gasteiger partial charge in [-0.25, -0.2) is 14.4 Å². The molecule has 0 bridgehead atoms. The van der Waals surface area contributed by atoms with E-state index in [0.29, 0.717) is 0 Å². The van der Waals surface area contributed by atoms with Crippen LogP contribution in [0.3, 0.4) is 0 Å². The van der Waals surface area contributed by atoms with E-state index in [2.05, 4.69) is 16.5 Å². The van der Waals surface area contributed by atoms with Gasteiger partial charge in [0.15, 0.2) is 11.6 Å². The molecule has 41 heavy (non-hydrogen) atoms. The number of carbonyl (C=O) groups excluding carboxylic acids is 2. The van der Waals surface area contributed by atoms with Crippen LogP contribution < -0.4 is 15.4 Å². The van der Waals surface area contributed by atoms with Crippen molar-refractivity contribution in [3.63, 3.8) is 0 Å². The summed E-state index contributed by atoms with van der Waals surface area (Å²) in [6.07, 6.45) is -4.35. The standard InChI is InChI=1S/C27H30F4N6O4/c1-5-17(39)35-6-7-36-14(10-35)12-41-23-18(25(36)40)24(37-11-15(38)9-26(37,3)4)34-22(20(23)28)21-19(27(29,30)31)13(2)8-16(32)33-21/h5,8,14-15,38H,1,6-7,9-12H2,2-4H3,(H2,32,33)/t14-,15?/m1/s1. The lowest BCUT2D eigenvalue weighted by Gasteiger charge is -2.40. The Balaban J connectivity index is 1.75. The van der Waals surface area contributed by atoms with Crippen molar-refractivity contribution in [2.24, 2.45) is 0 Å². The molecule has 5 rings (SSSR count). The fourth-order valence-electron chi connectivity index (χ4n) is 5.94. The number of rotatable bonds is 3. The van der Waals surface area contributed by atoms with E-state index >= 15 is 4.39 Å². The highest BCUT2D eigenvalue weighted by atomic mass is 19.4. The summed E-state index contributed by atoms with van der Waals surface area (Å²) in [5, 5.41) is 10.5. The molecule has 0 saturated carbocycles. The summed E-state index contributed by atoms with van der Waals surface area (Å²) in [5.74, 6) is -3.27. The van der Waals surface area contributed by atoms with Crippen LogP contribution in [0.2, 0.25) is 0 Å². The first kappa shape index (κ1) is 28.6. The van der Waals surface area contributed by atoms with Crippen LogP contribution in [0.5, 0.6) is 5.75 Å². The Morgan fingerprint density at radius 2 is 1.95 bits per heavy atom. The lowest BCUT2D eigenvalue weighted by atomic mass is 9.99. The molecular weight excluding hydrogens is 548 g/mol. The lowest BCUT2D eigenvalue weighted by molar-refractivity contribution is -0.137. The Morgan fingerprint density at radius 1 is 1.24 bits per heavy atom. The second-order valence-electron chi connectivity index (χ2n) is 11.1. The zero-order chi connectivity index (χ0) is 30.0. The summed E-state index contributed by atoms with van der Waals surface area (Å²) in [6.45, 7) is 8.36. The number of aromatic nitrogens is 2. The fourth-order valence-corrected chi connectivity index (χ4v) is 5.94. The van der Waals surface area contributed by atoms with Crippen LogP contribution in [0, 0.1) is 12.7 Å². The summed E-state index contributed by atoms with van der Waals surface area (Å²) < 4.78 is 64.9. The number of amides is 2. The molecule has 10 nitrogen and oxygen atoms in total. The zero-order valence-electron chi connectivity index (χ0n) is 22.8. The van der Waals surface area contributed by atoms with E-state index in [0.717, 1.165) is 12.1 Å². The van der Waals surface area contributed by atoms with E-state index in [9.17, 15) is 27.9 Å². The first-order valence-electron chi connectivity index (χ1n) is 13.0. The number of ether oxygens (including phenoxy) is 1. The Hall–Kier alpha value is -3.94. The first-order chi connectivity index (χ1) is 19.1. The third-order valence-corrected chi connectivity index (χ3v) is 7.80. The largest absolute Gasteiger partial charge is 0.487 e.